The molecule has 1 N–H and O–H groups in total. The first-order chi connectivity index (χ1) is 17.0. The van der Waals surface area contributed by atoms with E-state index in [2.05, 4.69) is 20.6 Å². The van der Waals surface area contributed by atoms with Crippen molar-refractivity contribution < 1.29 is 9.32 Å². The average Bonchev–Trinajstić information content (AvgIpc) is 3.33. The average molecular weight is 475 g/mol. The third-order valence-electron chi connectivity index (χ3n) is 5.48. The number of nitrogens with one attached hydrogen (secondary N) is 1. The van der Waals surface area contributed by atoms with Gasteiger partial charge in [-0.25, -0.2) is 4.79 Å². The number of amides is 1. The minimum Gasteiger partial charge on any atom is -0.356 e. The molecule has 2 aromatic heterocycles. The third-order valence-corrected chi connectivity index (χ3v) is 5.48. The van der Waals surface area contributed by atoms with E-state index in [0.717, 1.165) is 26.8 Å². The maximum atomic E-state index is 12.9. The molecule has 1 amide bonds. The van der Waals surface area contributed by atoms with Crippen LogP contribution < -0.4 is 16.6 Å². The van der Waals surface area contributed by atoms with Crippen molar-refractivity contribution in [2.45, 2.75) is 39.7 Å². The summed E-state index contributed by atoms with van der Waals surface area (Å²) in [6, 6.07) is 17.1. The van der Waals surface area contributed by atoms with E-state index in [4.69, 9.17) is 4.52 Å². The summed E-state index contributed by atoms with van der Waals surface area (Å²) in [5, 5.41) is 11.0. The molecule has 0 unspecified atom stereocenters. The first kappa shape index (κ1) is 23.8. The molecule has 0 bridgehead atoms. The minimum absolute atomic E-state index is 0.0300. The van der Waals surface area contributed by atoms with Crippen LogP contribution in [-0.2, 0) is 24.2 Å². The van der Waals surface area contributed by atoms with E-state index in [1.54, 1.807) is 19.1 Å². The molecule has 0 aliphatic rings. The minimum atomic E-state index is -0.605. The van der Waals surface area contributed by atoms with E-state index in [9.17, 15) is 14.4 Å². The van der Waals surface area contributed by atoms with Crippen LogP contribution in [-0.4, -0.2) is 36.9 Å². The number of hydrogen-bond donors (Lipinski definition) is 1. The van der Waals surface area contributed by atoms with Crippen molar-refractivity contribution in [1.82, 2.24) is 29.8 Å². The molecular weight excluding hydrogens is 448 g/mol. The van der Waals surface area contributed by atoms with Crippen LogP contribution in [0.4, 0.5) is 0 Å². The number of aromatic nitrogens is 5. The lowest BCUT2D eigenvalue weighted by atomic mass is 10.1. The first-order valence-electron chi connectivity index (χ1n) is 11.4. The molecule has 0 saturated heterocycles. The maximum absolute atomic E-state index is 12.9. The van der Waals surface area contributed by atoms with E-state index < -0.39 is 11.2 Å². The van der Waals surface area contributed by atoms with Gasteiger partial charge in [0, 0.05) is 25.9 Å². The van der Waals surface area contributed by atoms with E-state index in [-0.39, 0.29) is 42.7 Å². The molecule has 0 radical (unpaired) electrons. The highest BCUT2D eigenvalue weighted by atomic mass is 16.5. The number of aryl methyl sites for hydroxylation is 2. The SMILES string of the molecule is CCn1c(=O)c(-c2noc(CCC(=O)NCCc3ccccc3)n2)nn(-c2ccc(C)cc2)c1=O. The summed E-state index contributed by atoms with van der Waals surface area (Å²) in [6.45, 7) is 4.32. The Morgan fingerprint density at radius 1 is 1.03 bits per heavy atom. The van der Waals surface area contributed by atoms with Crippen molar-refractivity contribution >= 4 is 5.91 Å². The number of rotatable bonds is 9. The Kier molecular flexibility index (Phi) is 7.30. The first-order valence-corrected chi connectivity index (χ1v) is 11.4. The molecule has 0 atom stereocenters. The molecule has 35 heavy (non-hydrogen) atoms. The van der Waals surface area contributed by atoms with Crippen LogP contribution in [0.2, 0.25) is 0 Å². The second-order valence-corrected chi connectivity index (χ2v) is 8.03. The Morgan fingerprint density at radius 2 is 1.77 bits per heavy atom. The normalized spacial score (nSPS) is 10.9. The summed E-state index contributed by atoms with van der Waals surface area (Å²) in [6.07, 6.45) is 1.11. The fourth-order valence-corrected chi connectivity index (χ4v) is 3.54. The zero-order valence-corrected chi connectivity index (χ0v) is 19.6. The lowest BCUT2D eigenvalue weighted by Crippen LogP contribution is -2.41. The highest BCUT2D eigenvalue weighted by Crippen LogP contribution is 2.12. The second-order valence-electron chi connectivity index (χ2n) is 8.03. The molecule has 0 spiro atoms. The van der Waals surface area contributed by atoms with Gasteiger partial charge in [-0.05, 0) is 38.0 Å². The van der Waals surface area contributed by atoms with Gasteiger partial charge in [-0.3, -0.25) is 14.2 Å². The van der Waals surface area contributed by atoms with Gasteiger partial charge >= 0.3 is 5.69 Å². The lowest BCUT2D eigenvalue weighted by Gasteiger charge is -2.09. The molecule has 10 nitrogen and oxygen atoms in total. The predicted octanol–water partition coefficient (Wildman–Crippen LogP) is 2.06. The van der Waals surface area contributed by atoms with Crippen LogP contribution in [0.15, 0.2) is 68.7 Å². The number of nitrogens with zero attached hydrogens (tertiary/aromatic N) is 5. The Morgan fingerprint density at radius 3 is 2.49 bits per heavy atom. The van der Waals surface area contributed by atoms with Gasteiger partial charge in [-0.1, -0.05) is 53.2 Å². The van der Waals surface area contributed by atoms with Gasteiger partial charge < -0.3 is 9.84 Å². The van der Waals surface area contributed by atoms with Gasteiger partial charge in [0.25, 0.3) is 5.56 Å². The number of carbonyl (C=O) groups is 1. The van der Waals surface area contributed by atoms with Crippen molar-refractivity contribution in [3.8, 4) is 17.2 Å². The van der Waals surface area contributed by atoms with Gasteiger partial charge in [0.15, 0.2) is 5.69 Å². The van der Waals surface area contributed by atoms with Crippen LogP contribution in [0.1, 0.15) is 30.4 Å². The zero-order chi connectivity index (χ0) is 24.8. The molecule has 0 saturated carbocycles. The number of hydrogen-bond acceptors (Lipinski definition) is 7. The van der Waals surface area contributed by atoms with Gasteiger partial charge in [0.1, 0.15) is 0 Å². The summed E-state index contributed by atoms with van der Waals surface area (Å²) in [7, 11) is 0. The summed E-state index contributed by atoms with van der Waals surface area (Å²) in [4.78, 5) is 42.1. The van der Waals surface area contributed by atoms with Gasteiger partial charge in [0.2, 0.25) is 17.6 Å². The fraction of sp³-hybridized carbons (Fsp3) is 0.280. The molecule has 10 heteroatoms. The zero-order valence-electron chi connectivity index (χ0n) is 19.6. The predicted molar refractivity (Wildman–Crippen MR) is 129 cm³/mol. The molecule has 180 valence electrons. The molecular formula is C25H26N6O4. The van der Waals surface area contributed by atoms with Crippen LogP contribution in [0.3, 0.4) is 0 Å². The van der Waals surface area contributed by atoms with Crippen LogP contribution >= 0.6 is 0 Å². The molecule has 2 aromatic carbocycles. The Labute approximate surface area is 201 Å². The highest BCUT2D eigenvalue weighted by molar-refractivity contribution is 5.76. The standard InChI is InChI=1S/C25H26N6O4/c1-3-30-24(33)22(28-31(25(30)34)19-11-9-17(2)10-12-19)23-27-21(35-29-23)14-13-20(32)26-16-15-18-7-5-4-6-8-18/h4-12H,3,13-16H2,1-2H3,(H,26,32). The summed E-state index contributed by atoms with van der Waals surface area (Å²) < 4.78 is 7.46. The third kappa shape index (κ3) is 5.60. The highest BCUT2D eigenvalue weighted by Gasteiger charge is 2.20. The largest absolute Gasteiger partial charge is 0.356 e. The summed E-state index contributed by atoms with van der Waals surface area (Å²) in [5.74, 6) is 0.0353. The van der Waals surface area contributed by atoms with Gasteiger partial charge in [0.05, 0.1) is 5.69 Å². The quantitative estimate of drug-likeness (QED) is 0.394. The van der Waals surface area contributed by atoms with Crippen molar-refractivity contribution in [1.29, 1.82) is 0 Å². The van der Waals surface area contributed by atoms with Gasteiger partial charge in [-0.15, -0.1) is 0 Å². The summed E-state index contributed by atoms with van der Waals surface area (Å²) >= 11 is 0. The molecule has 0 aliphatic heterocycles. The molecule has 4 aromatic rings. The number of benzene rings is 2. The van der Waals surface area contributed by atoms with Crippen LogP contribution in [0.25, 0.3) is 17.2 Å². The Bertz CT molecular complexity index is 1420. The van der Waals surface area contributed by atoms with E-state index >= 15 is 0 Å². The molecule has 0 fully saturated rings. The Hall–Kier alpha value is -4.34. The maximum Gasteiger partial charge on any atom is 0.352 e. The van der Waals surface area contributed by atoms with Crippen molar-refractivity contribution in [2.24, 2.45) is 0 Å². The van der Waals surface area contributed by atoms with E-state index in [1.807, 2.05) is 49.4 Å². The Balaban J connectivity index is 1.47. The van der Waals surface area contributed by atoms with E-state index in [0.29, 0.717) is 12.2 Å². The molecule has 2 heterocycles. The van der Waals surface area contributed by atoms with Gasteiger partial charge in [-0.2, -0.15) is 14.8 Å². The van der Waals surface area contributed by atoms with Crippen LogP contribution in [0, 0.1) is 6.92 Å². The van der Waals surface area contributed by atoms with Crippen molar-refractivity contribution in [2.75, 3.05) is 6.54 Å². The second kappa shape index (κ2) is 10.7. The summed E-state index contributed by atoms with van der Waals surface area (Å²) in [5.41, 5.74) is 1.42. The van der Waals surface area contributed by atoms with Crippen LogP contribution in [0.5, 0.6) is 0 Å². The van der Waals surface area contributed by atoms with Crippen molar-refractivity contribution in [3.05, 3.63) is 92.5 Å². The topological polar surface area (TPSA) is 125 Å². The lowest BCUT2D eigenvalue weighted by molar-refractivity contribution is -0.121. The number of carbonyl (C=O) groups excluding carboxylic acids is 1. The monoisotopic (exact) mass is 474 g/mol. The molecule has 4 rings (SSSR count). The fourth-order valence-electron chi connectivity index (χ4n) is 3.54. The smallest absolute Gasteiger partial charge is 0.352 e. The van der Waals surface area contributed by atoms with E-state index in [1.165, 1.54) is 0 Å². The molecule has 0 aliphatic carbocycles. The van der Waals surface area contributed by atoms with Crippen molar-refractivity contribution in [3.63, 3.8) is 0 Å².